The number of benzene rings is 2. The van der Waals surface area contributed by atoms with Gasteiger partial charge in [0.05, 0.1) is 5.69 Å². The minimum Gasteiger partial charge on any atom is -0.286 e. The summed E-state index contributed by atoms with van der Waals surface area (Å²) in [7, 11) is 0. The maximum Gasteiger partial charge on any atom is 0.310 e. The molecule has 0 radical (unpaired) electrons. The van der Waals surface area contributed by atoms with Crippen LogP contribution < -0.4 is 10.4 Å². The lowest BCUT2D eigenvalue weighted by atomic mass is 10.0. The molecule has 1 fully saturated rings. The predicted octanol–water partition coefficient (Wildman–Crippen LogP) is 2.16. The van der Waals surface area contributed by atoms with E-state index in [4.69, 9.17) is 0 Å². The number of Topliss-reactive ketones (excluding diaryl/α,β-unsaturated/α-hetero) is 1. The van der Waals surface area contributed by atoms with Crippen LogP contribution in [0.4, 0.5) is 5.69 Å². The van der Waals surface area contributed by atoms with Crippen molar-refractivity contribution in [2.45, 2.75) is 13.0 Å². The molecule has 4 heteroatoms. The van der Waals surface area contributed by atoms with Crippen LogP contribution in [-0.2, 0) is 9.59 Å². The number of hydrogen-bond acceptors (Lipinski definition) is 3. The van der Waals surface area contributed by atoms with Gasteiger partial charge in [0.15, 0.2) is 0 Å². The molecule has 0 spiro atoms. The summed E-state index contributed by atoms with van der Waals surface area (Å²) in [5.41, 5.74) is 5.55. The Bertz CT molecular complexity index is 650. The summed E-state index contributed by atoms with van der Waals surface area (Å²) in [6.07, 6.45) is 0. The number of carbonyl (C=O) groups is 2. The zero-order valence-electron chi connectivity index (χ0n) is 11.0. The third-order valence-electron chi connectivity index (χ3n) is 3.36. The molecular weight excluding hydrogens is 252 g/mol. The topological polar surface area (TPSA) is 49.4 Å². The van der Waals surface area contributed by atoms with E-state index in [1.807, 2.05) is 61.5 Å². The largest absolute Gasteiger partial charge is 0.310 e. The fourth-order valence-corrected chi connectivity index (χ4v) is 2.24. The molecule has 1 aliphatic heterocycles. The van der Waals surface area contributed by atoms with E-state index in [2.05, 4.69) is 5.43 Å². The third kappa shape index (κ3) is 2.10. The predicted molar refractivity (Wildman–Crippen MR) is 76.0 cm³/mol. The van der Waals surface area contributed by atoms with E-state index in [1.54, 1.807) is 0 Å². The molecule has 0 aromatic heterocycles. The van der Waals surface area contributed by atoms with Crippen molar-refractivity contribution in [1.82, 2.24) is 5.43 Å². The first-order valence-electron chi connectivity index (χ1n) is 6.43. The SMILES string of the molecule is Cc1ccc(N2NC(c3ccccc3)C(=O)C2=O)cc1. The number of ketones is 1. The van der Waals surface area contributed by atoms with E-state index in [-0.39, 0.29) is 0 Å². The molecule has 1 saturated heterocycles. The van der Waals surface area contributed by atoms with Crippen molar-refractivity contribution in [2.75, 3.05) is 5.01 Å². The van der Waals surface area contributed by atoms with Crippen molar-refractivity contribution in [1.29, 1.82) is 0 Å². The van der Waals surface area contributed by atoms with Gasteiger partial charge in [-0.3, -0.25) is 9.59 Å². The van der Waals surface area contributed by atoms with Gasteiger partial charge in [-0.25, -0.2) is 10.4 Å². The van der Waals surface area contributed by atoms with Crippen LogP contribution >= 0.6 is 0 Å². The number of amides is 1. The number of rotatable bonds is 2. The Hall–Kier alpha value is -2.46. The second kappa shape index (κ2) is 4.90. The molecule has 0 aliphatic carbocycles. The molecule has 1 atom stereocenters. The lowest BCUT2D eigenvalue weighted by molar-refractivity contribution is -0.134. The van der Waals surface area contributed by atoms with Crippen LogP contribution in [0.15, 0.2) is 54.6 Å². The Morgan fingerprint density at radius 2 is 1.60 bits per heavy atom. The first-order chi connectivity index (χ1) is 9.66. The number of hydrazine groups is 1. The first-order valence-corrected chi connectivity index (χ1v) is 6.43. The van der Waals surface area contributed by atoms with Crippen LogP contribution in [0, 0.1) is 6.92 Å². The third-order valence-corrected chi connectivity index (χ3v) is 3.36. The molecular formula is C16H14N2O2. The number of nitrogens with one attached hydrogen (secondary N) is 1. The van der Waals surface area contributed by atoms with Gasteiger partial charge in [-0.1, -0.05) is 48.0 Å². The molecule has 1 N–H and O–H groups in total. The van der Waals surface area contributed by atoms with Crippen LogP contribution in [0.25, 0.3) is 0 Å². The Labute approximate surface area is 117 Å². The highest BCUT2D eigenvalue weighted by molar-refractivity contribution is 6.45. The molecule has 100 valence electrons. The van der Waals surface area contributed by atoms with E-state index in [0.717, 1.165) is 11.1 Å². The van der Waals surface area contributed by atoms with Crippen molar-refractivity contribution in [3.8, 4) is 0 Å². The number of nitrogens with zero attached hydrogens (tertiary/aromatic N) is 1. The van der Waals surface area contributed by atoms with Crippen molar-refractivity contribution in [3.05, 3.63) is 65.7 Å². The molecule has 0 bridgehead atoms. The van der Waals surface area contributed by atoms with Gasteiger partial charge < -0.3 is 0 Å². The van der Waals surface area contributed by atoms with E-state index >= 15 is 0 Å². The molecule has 20 heavy (non-hydrogen) atoms. The Morgan fingerprint density at radius 3 is 2.25 bits per heavy atom. The fraction of sp³-hybridized carbons (Fsp3) is 0.125. The summed E-state index contributed by atoms with van der Waals surface area (Å²) >= 11 is 0. The summed E-state index contributed by atoms with van der Waals surface area (Å²) in [5.74, 6) is -0.959. The summed E-state index contributed by atoms with van der Waals surface area (Å²) in [6, 6.07) is 16.1. The van der Waals surface area contributed by atoms with E-state index in [1.165, 1.54) is 5.01 Å². The lowest BCUT2D eigenvalue weighted by Gasteiger charge is -2.17. The van der Waals surface area contributed by atoms with Crippen molar-refractivity contribution >= 4 is 17.4 Å². The highest BCUT2D eigenvalue weighted by Gasteiger charge is 2.40. The normalized spacial score (nSPS) is 18.6. The molecule has 2 aromatic rings. The number of anilines is 1. The fourth-order valence-electron chi connectivity index (χ4n) is 2.24. The van der Waals surface area contributed by atoms with Gasteiger partial charge in [0.2, 0.25) is 5.78 Å². The van der Waals surface area contributed by atoms with Crippen LogP contribution in [0.2, 0.25) is 0 Å². The van der Waals surface area contributed by atoms with Crippen LogP contribution in [0.3, 0.4) is 0 Å². The molecule has 1 aliphatic rings. The number of hydrogen-bond donors (Lipinski definition) is 1. The first kappa shape index (κ1) is 12.6. The summed E-state index contributed by atoms with van der Waals surface area (Å²) < 4.78 is 0. The van der Waals surface area contributed by atoms with E-state index < -0.39 is 17.7 Å². The lowest BCUT2D eigenvalue weighted by Crippen LogP contribution is -2.35. The summed E-state index contributed by atoms with van der Waals surface area (Å²) in [5, 5.41) is 1.32. The van der Waals surface area contributed by atoms with Crippen LogP contribution in [0.5, 0.6) is 0 Å². The van der Waals surface area contributed by atoms with E-state index in [0.29, 0.717) is 5.69 Å². The van der Waals surface area contributed by atoms with Crippen molar-refractivity contribution in [3.63, 3.8) is 0 Å². The van der Waals surface area contributed by atoms with Crippen LogP contribution in [0.1, 0.15) is 17.2 Å². The second-order valence-corrected chi connectivity index (χ2v) is 4.81. The van der Waals surface area contributed by atoms with Gasteiger partial charge in [0, 0.05) is 0 Å². The zero-order valence-corrected chi connectivity index (χ0v) is 11.0. The average molecular weight is 266 g/mol. The molecule has 1 heterocycles. The summed E-state index contributed by atoms with van der Waals surface area (Å²) in [4.78, 5) is 24.2. The van der Waals surface area contributed by atoms with Gasteiger partial charge in [-0.05, 0) is 24.6 Å². The molecule has 4 nitrogen and oxygen atoms in total. The molecule has 3 rings (SSSR count). The standard InChI is InChI=1S/C16H14N2O2/c1-11-7-9-13(10-8-11)18-16(20)15(19)14(17-18)12-5-3-2-4-6-12/h2-10,14,17H,1H3. The van der Waals surface area contributed by atoms with Crippen molar-refractivity contribution in [2.24, 2.45) is 0 Å². The smallest absolute Gasteiger partial charge is 0.286 e. The van der Waals surface area contributed by atoms with Gasteiger partial charge >= 0.3 is 5.91 Å². The van der Waals surface area contributed by atoms with Crippen LogP contribution in [-0.4, -0.2) is 11.7 Å². The average Bonchev–Trinajstić information content (AvgIpc) is 2.77. The minimum atomic E-state index is -0.606. The molecule has 0 saturated carbocycles. The Morgan fingerprint density at radius 1 is 0.950 bits per heavy atom. The van der Waals surface area contributed by atoms with Gasteiger partial charge in [0.25, 0.3) is 0 Å². The highest BCUT2D eigenvalue weighted by Crippen LogP contribution is 2.25. The minimum absolute atomic E-state index is 0.434. The number of carbonyl (C=O) groups excluding carboxylic acids is 2. The Kier molecular flexibility index (Phi) is 3.08. The monoisotopic (exact) mass is 266 g/mol. The second-order valence-electron chi connectivity index (χ2n) is 4.81. The summed E-state index contributed by atoms with van der Waals surface area (Å²) in [6.45, 7) is 1.97. The quantitative estimate of drug-likeness (QED) is 0.847. The zero-order chi connectivity index (χ0) is 14.1. The van der Waals surface area contributed by atoms with Gasteiger partial charge in [-0.2, -0.15) is 0 Å². The highest BCUT2D eigenvalue weighted by atomic mass is 16.2. The van der Waals surface area contributed by atoms with Crippen molar-refractivity contribution < 1.29 is 9.59 Å². The Balaban J connectivity index is 1.91. The maximum atomic E-state index is 12.1. The molecule has 2 aromatic carbocycles. The van der Waals surface area contributed by atoms with Gasteiger partial charge in [-0.15, -0.1) is 0 Å². The molecule has 1 unspecified atom stereocenters. The molecule has 1 amide bonds. The van der Waals surface area contributed by atoms with E-state index in [9.17, 15) is 9.59 Å². The maximum absolute atomic E-state index is 12.1. The van der Waals surface area contributed by atoms with Gasteiger partial charge in [0.1, 0.15) is 6.04 Å². The number of aryl methyl sites for hydroxylation is 1.